The number of carbonyl (C=O) groups excluding carboxylic acids is 1. The molecule has 0 aromatic carbocycles. The van der Waals surface area contributed by atoms with E-state index in [9.17, 15) is 9.90 Å². The molecular weight excluding hydrogens is 272 g/mol. The van der Waals surface area contributed by atoms with Gasteiger partial charge in [-0.1, -0.05) is 44.9 Å². The smallest absolute Gasteiger partial charge is 0.161 e. The maximum atomic E-state index is 12.1. The number of carbonyl (C=O) groups is 1. The van der Waals surface area contributed by atoms with Crippen molar-refractivity contribution in [3.63, 3.8) is 0 Å². The van der Waals surface area contributed by atoms with E-state index in [1.807, 2.05) is 0 Å². The van der Waals surface area contributed by atoms with Crippen LogP contribution in [-0.2, 0) is 4.79 Å². The average Bonchev–Trinajstić information content (AvgIpc) is 2.73. The summed E-state index contributed by atoms with van der Waals surface area (Å²) in [4.78, 5) is 12.1. The maximum absolute atomic E-state index is 12.1. The molecule has 2 nitrogen and oxygen atoms in total. The molecule has 1 fully saturated rings. The third kappa shape index (κ3) is 2.40. The highest BCUT2D eigenvalue weighted by Gasteiger charge is 2.52. The first kappa shape index (κ1) is 16.0. The highest BCUT2D eigenvalue weighted by molar-refractivity contribution is 5.95. The molecule has 0 heterocycles. The highest BCUT2D eigenvalue weighted by atomic mass is 16.3. The molecule has 1 saturated carbocycles. The Morgan fingerprint density at radius 3 is 2.64 bits per heavy atom. The van der Waals surface area contributed by atoms with Crippen molar-refractivity contribution in [1.29, 1.82) is 0 Å². The van der Waals surface area contributed by atoms with Gasteiger partial charge in [-0.25, -0.2) is 0 Å². The standard InChI is InChI=1S/C20H30O2/c1-13-6-9-18-19(2,3)10-5-11-20(18,4)15(13)12-14-16(21)7-8-17(14)22/h6-8,14-16,18,21H,5,9-12H2,1-4H3/t14-,15+,16+,18+,20-/m1/s1. The lowest BCUT2D eigenvalue weighted by Gasteiger charge is -2.57. The van der Waals surface area contributed by atoms with E-state index >= 15 is 0 Å². The fourth-order valence-electron chi connectivity index (χ4n) is 5.72. The summed E-state index contributed by atoms with van der Waals surface area (Å²) in [5.41, 5.74) is 2.07. The average molecular weight is 302 g/mol. The van der Waals surface area contributed by atoms with Gasteiger partial charge in [0.15, 0.2) is 5.78 Å². The summed E-state index contributed by atoms with van der Waals surface area (Å²) in [6.07, 6.45) is 10.9. The number of aliphatic hydroxyl groups is 1. The number of allylic oxidation sites excluding steroid dienone is 3. The second-order valence-corrected chi connectivity index (χ2v) is 8.73. The van der Waals surface area contributed by atoms with Gasteiger partial charge in [0.2, 0.25) is 0 Å². The lowest BCUT2D eigenvalue weighted by Crippen LogP contribution is -2.49. The summed E-state index contributed by atoms with van der Waals surface area (Å²) in [6.45, 7) is 9.50. The third-order valence-electron chi connectivity index (χ3n) is 7.02. The Kier molecular flexibility index (Phi) is 3.87. The minimum atomic E-state index is -0.583. The summed E-state index contributed by atoms with van der Waals surface area (Å²) < 4.78 is 0. The summed E-state index contributed by atoms with van der Waals surface area (Å²) in [5, 5.41) is 10.1. The zero-order valence-corrected chi connectivity index (χ0v) is 14.4. The molecule has 0 aliphatic heterocycles. The predicted octanol–water partition coefficient (Wildman–Crippen LogP) is 4.29. The molecule has 0 unspecified atom stereocenters. The number of aliphatic hydroxyl groups excluding tert-OH is 1. The first-order valence-corrected chi connectivity index (χ1v) is 8.82. The lowest BCUT2D eigenvalue weighted by molar-refractivity contribution is -0.121. The molecule has 1 N–H and O–H groups in total. The van der Waals surface area contributed by atoms with Crippen molar-refractivity contribution in [1.82, 2.24) is 0 Å². The zero-order chi connectivity index (χ0) is 16.1. The van der Waals surface area contributed by atoms with E-state index in [2.05, 4.69) is 33.8 Å². The number of hydrogen-bond donors (Lipinski definition) is 1. The van der Waals surface area contributed by atoms with Gasteiger partial charge in [-0.3, -0.25) is 4.79 Å². The second-order valence-electron chi connectivity index (χ2n) is 8.73. The molecule has 0 saturated heterocycles. The minimum Gasteiger partial charge on any atom is -0.388 e. The Hall–Kier alpha value is -0.890. The second kappa shape index (κ2) is 5.33. The summed E-state index contributed by atoms with van der Waals surface area (Å²) >= 11 is 0. The van der Waals surface area contributed by atoms with E-state index < -0.39 is 6.10 Å². The van der Waals surface area contributed by atoms with Crippen LogP contribution >= 0.6 is 0 Å². The molecule has 3 rings (SSSR count). The molecular formula is C20H30O2. The van der Waals surface area contributed by atoms with Crippen molar-refractivity contribution < 1.29 is 9.90 Å². The van der Waals surface area contributed by atoms with Crippen LogP contribution in [-0.4, -0.2) is 17.0 Å². The molecule has 3 aliphatic carbocycles. The van der Waals surface area contributed by atoms with Crippen LogP contribution in [0.15, 0.2) is 23.8 Å². The number of fused-ring (bicyclic) bond motifs is 1. The monoisotopic (exact) mass is 302 g/mol. The van der Waals surface area contributed by atoms with Crippen LogP contribution in [0.2, 0.25) is 0 Å². The molecule has 122 valence electrons. The van der Waals surface area contributed by atoms with Crippen LogP contribution in [0.3, 0.4) is 0 Å². The Morgan fingerprint density at radius 2 is 2.00 bits per heavy atom. The van der Waals surface area contributed by atoms with E-state index in [0.29, 0.717) is 17.3 Å². The Morgan fingerprint density at radius 1 is 1.27 bits per heavy atom. The van der Waals surface area contributed by atoms with Gasteiger partial charge in [0, 0.05) is 0 Å². The van der Waals surface area contributed by atoms with E-state index in [4.69, 9.17) is 0 Å². The molecule has 2 heteroatoms. The van der Waals surface area contributed by atoms with Crippen LogP contribution < -0.4 is 0 Å². The Balaban J connectivity index is 1.90. The molecule has 22 heavy (non-hydrogen) atoms. The van der Waals surface area contributed by atoms with Crippen LogP contribution in [0, 0.1) is 28.6 Å². The van der Waals surface area contributed by atoms with Gasteiger partial charge in [-0.15, -0.1) is 0 Å². The van der Waals surface area contributed by atoms with Crippen molar-refractivity contribution in [2.24, 2.45) is 28.6 Å². The van der Waals surface area contributed by atoms with Gasteiger partial charge in [-0.2, -0.15) is 0 Å². The lowest BCUT2D eigenvalue weighted by atomic mass is 9.48. The molecule has 3 aliphatic rings. The minimum absolute atomic E-state index is 0.112. The predicted molar refractivity (Wildman–Crippen MR) is 89.4 cm³/mol. The van der Waals surface area contributed by atoms with Crippen LogP contribution in [0.4, 0.5) is 0 Å². The molecule has 0 aromatic rings. The molecule has 0 amide bonds. The molecule has 0 bridgehead atoms. The third-order valence-corrected chi connectivity index (χ3v) is 7.02. The van der Waals surface area contributed by atoms with Gasteiger partial charge < -0.3 is 5.11 Å². The Labute approximate surface area is 134 Å². The van der Waals surface area contributed by atoms with Crippen molar-refractivity contribution >= 4 is 5.78 Å². The molecule has 5 atom stereocenters. The van der Waals surface area contributed by atoms with Gasteiger partial charge in [0.1, 0.15) is 0 Å². The van der Waals surface area contributed by atoms with E-state index in [1.54, 1.807) is 12.2 Å². The summed E-state index contributed by atoms with van der Waals surface area (Å²) in [5.74, 6) is 0.994. The number of hydrogen-bond acceptors (Lipinski definition) is 2. The van der Waals surface area contributed by atoms with Crippen LogP contribution in [0.25, 0.3) is 0 Å². The Bertz CT molecular complexity index is 528. The number of ketones is 1. The van der Waals surface area contributed by atoms with Gasteiger partial charge in [0.25, 0.3) is 0 Å². The van der Waals surface area contributed by atoms with Gasteiger partial charge in [-0.05, 0) is 61.3 Å². The van der Waals surface area contributed by atoms with E-state index in [1.165, 1.54) is 31.3 Å². The normalized spacial score (nSPS) is 43.9. The van der Waals surface area contributed by atoms with Crippen molar-refractivity contribution in [2.75, 3.05) is 0 Å². The molecule has 0 radical (unpaired) electrons. The van der Waals surface area contributed by atoms with E-state index in [0.717, 1.165) is 6.42 Å². The maximum Gasteiger partial charge on any atom is 0.161 e. The van der Waals surface area contributed by atoms with Gasteiger partial charge in [0.05, 0.1) is 12.0 Å². The van der Waals surface area contributed by atoms with Crippen LogP contribution in [0.1, 0.15) is 59.8 Å². The fraction of sp³-hybridized carbons (Fsp3) is 0.750. The first-order chi connectivity index (χ1) is 10.3. The highest BCUT2D eigenvalue weighted by Crippen LogP contribution is 2.60. The molecule has 0 aromatic heterocycles. The topological polar surface area (TPSA) is 37.3 Å². The van der Waals surface area contributed by atoms with Crippen LogP contribution in [0.5, 0.6) is 0 Å². The van der Waals surface area contributed by atoms with Crippen molar-refractivity contribution in [2.45, 2.75) is 65.9 Å². The quantitative estimate of drug-likeness (QED) is 0.773. The summed E-state index contributed by atoms with van der Waals surface area (Å²) in [7, 11) is 0. The summed E-state index contributed by atoms with van der Waals surface area (Å²) in [6, 6.07) is 0. The van der Waals surface area contributed by atoms with E-state index in [-0.39, 0.29) is 17.1 Å². The largest absolute Gasteiger partial charge is 0.388 e. The molecule has 0 spiro atoms. The SMILES string of the molecule is CC1=CC[C@H]2C(C)(C)CCC[C@]2(C)[C@H]1C[C@H]1C(=O)C=C[C@@H]1O. The fourth-order valence-corrected chi connectivity index (χ4v) is 5.72. The van der Waals surface area contributed by atoms with Crippen molar-refractivity contribution in [3.8, 4) is 0 Å². The first-order valence-electron chi connectivity index (χ1n) is 8.82. The number of rotatable bonds is 2. The van der Waals surface area contributed by atoms with Gasteiger partial charge >= 0.3 is 0 Å². The van der Waals surface area contributed by atoms with Crippen molar-refractivity contribution in [3.05, 3.63) is 23.8 Å². The zero-order valence-electron chi connectivity index (χ0n) is 14.4.